The van der Waals surface area contributed by atoms with Crippen LogP contribution in [0.1, 0.15) is 63.5 Å². The quantitative estimate of drug-likeness (QED) is 0.300. The van der Waals surface area contributed by atoms with Crippen LogP contribution in [0.2, 0.25) is 0 Å². The molecule has 0 unspecified atom stereocenters. The summed E-state index contributed by atoms with van der Waals surface area (Å²) in [7, 11) is 0. The topological polar surface area (TPSA) is 12.0 Å². The highest BCUT2D eigenvalue weighted by atomic mass is 14.9. The Morgan fingerprint density at radius 2 is 1.52 bits per heavy atom. The lowest BCUT2D eigenvalue weighted by molar-refractivity contribution is 0.387. The van der Waals surface area contributed by atoms with Gasteiger partial charge in [-0.1, -0.05) is 112 Å². The van der Waals surface area contributed by atoms with Gasteiger partial charge in [-0.2, -0.15) is 0 Å². The first kappa shape index (κ1) is 21.4. The van der Waals surface area contributed by atoms with Crippen molar-refractivity contribution >= 4 is 0 Å². The second-order valence-corrected chi connectivity index (χ2v) is 7.63. The smallest absolute Gasteiger partial charge is 0.0208 e. The molecule has 0 spiro atoms. The highest BCUT2D eigenvalue weighted by molar-refractivity contribution is 5.16. The molecule has 1 heteroatoms. The van der Waals surface area contributed by atoms with Crippen molar-refractivity contribution in [3.05, 3.63) is 83.9 Å². The molecule has 2 rings (SSSR count). The van der Waals surface area contributed by atoms with Gasteiger partial charge >= 0.3 is 0 Å². The van der Waals surface area contributed by atoms with Gasteiger partial charge in [0, 0.05) is 12.6 Å². The van der Waals surface area contributed by atoms with Crippen molar-refractivity contribution in [1.29, 1.82) is 0 Å². The molecule has 0 fully saturated rings. The highest BCUT2D eigenvalue weighted by Gasteiger charge is 2.14. The molecule has 0 bridgehead atoms. The third-order valence-corrected chi connectivity index (χ3v) is 5.30. The molecule has 2 aromatic rings. The summed E-state index contributed by atoms with van der Waals surface area (Å²) >= 11 is 0. The lowest BCUT2D eigenvalue weighted by Crippen LogP contribution is -2.33. The van der Waals surface area contributed by atoms with Crippen LogP contribution in [-0.2, 0) is 13.0 Å². The Hall–Kier alpha value is -1.86. The van der Waals surface area contributed by atoms with Crippen molar-refractivity contribution in [3.63, 3.8) is 0 Å². The zero-order valence-corrected chi connectivity index (χ0v) is 17.2. The molecule has 0 saturated heterocycles. The van der Waals surface area contributed by atoms with Gasteiger partial charge in [0.2, 0.25) is 0 Å². The number of rotatable bonds is 13. The van der Waals surface area contributed by atoms with E-state index >= 15 is 0 Å². The Balaban J connectivity index is 1.82. The summed E-state index contributed by atoms with van der Waals surface area (Å²) < 4.78 is 0. The molecule has 27 heavy (non-hydrogen) atoms. The second-order valence-electron chi connectivity index (χ2n) is 7.63. The summed E-state index contributed by atoms with van der Waals surface area (Å²) in [5.74, 6) is 0.561. The van der Waals surface area contributed by atoms with Crippen LogP contribution in [0.15, 0.2) is 72.8 Å². The Bertz CT molecular complexity index is 617. The molecule has 0 aliphatic heterocycles. The van der Waals surface area contributed by atoms with Crippen LogP contribution in [0, 0.1) is 5.92 Å². The van der Waals surface area contributed by atoms with Gasteiger partial charge in [-0.3, -0.25) is 0 Å². The van der Waals surface area contributed by atoms with E-state index in [0.29, 0.717) is 12.0 Å². The maximum atomic E-state index is 3.82. The standard InChI is InChI=1S/C26H37N/c1-3-4-5-12-21-26(27-22-25-19-10-7-11-20-25)23(2)15-13-14-18-24-16-8-6-9-17-24/h6-11,13,15-17,19-20,23,26-27H,3-5,12,14,18,21-22H2,1-2H3/b15-13+/t23-,26+/m1/s1. The van der Waals surface area contributed by atoms with Gasteiger partial charge in [0.15, 0.2) is 0 Å². The monoisotopic (exact) mass is 363 g/mol. The molecule has 0 aliphatic carbocycles. The number of hydrogen-bond acceptors (Lipinski definition) is 1. The third kappa shape index (κ3) is 9.06. The second kappa shape index (κ2) is 13.3. The maximum absolute atomic E-state index is 3.82. The molecule has 0 aromatic heterocycles. The number of benzene rings is 2. The first-order valence-corrected chi connectivity index (χ1v) is 10.8. The minimum Gasteiger partial charge on any atom is -0.309 e. The van der Waals surface area contributed by atoms with Crippen LogP contribution >= 0.6 is 0 Å². The zero-order chi connectivity index (χ0) is 19.2. The third-order valence-electron chi connectivity index (χ3n) is 5.30. The van der Waals surface area contributed by atoms with E-state index in [4.69, 9.17) is 0 Å². The Kier molecular flexibility index (Phi) is 10.6. The molecule has 2 aromatic carbocycles. The predicted octanol–water partition coefficient (Wildman–Crippen LogP) is 6.94. The van der Waals surface area contributed by atoms with Crippen LogP contribution < -0.4 is 5.32 Å². The number of allylic oxidation sites excluding steroid dienone is 1. The van der Waals surface area contributed by atoms with E-state index in [1.807, 2.05) is 0 Å². The van der Waals surface area contributed by atoms with Crippen molar-refractivity contribution in [2.45, 2.75) is 71.4 Å². The molecule has 146 valence electrons. The van der Waals surface area contributed by atoms with E-state index in [2.05, 4.69) is 92.0 Å². The van der Waals surface area contributed by atoms with Gasteiger partial charge in [0.05, 0.1) is 0 Å². The average Bonchev–Trinajstić information content (AvgIpc) is 2.72. The van der Waals surface area contributed by atoms with Gasteiger partial charge < -0.3 is 5.32 Å². The summed E-state index contributed by atoms with van der Waals surface area (Å²) in [5, 5.41) is 3.82. The van der Waals surface area contributed by atoms with E-state index in [9.17, 15) is 0 Å². The Morgan fingerprint density at radius 1 is 0.852 bits per heavy atom. The number of aryl methyl sites for hydroxylation is 1. The van der Waals surface area contributed by atoms with Gasteiger partial charge in [-0.25, -0.2) is 0 Å². The van der Waals surface area contributed by atoms with Crippen LogP contribution in [0.5, 0.6) is 0 Å². The summed E-state index contributed by atoms with van der Waals surface area (Å²) in [6.07, 6.45) is 13.6. The molecule has 0 aliphatic rings. The fourth-order valence-corrected chi connectivity index (χ4v) is 3.53. The zero-order valence-electron chi connectivity index (χ0n) is 17.2. The van der Waals surface area contributed by atoms with Crippen molar-refractivity contribution in [3.8, 4) is 0 Å². The fourth-order valence-electron chi connectivity index (χ4n) is 3.53. The lowest BCUT2D eigenvalue weighted by Gasteiger charge is -2.23. The molecule has 1 nitrogen and oxygen atoms in total. The van der Waals surface area contributed by atoms with E-state index < -0.39 is 0 Å². The molecule has 1 N–H and O–H groups in total. The fraction of sp³-hybridized carbons (Fsp3) is 0.462. The van der Waals surface area contributed by atoms with E-state index in [-0.39, 0.29) is 0 Å². The SMILES string of the molecule is CCCCCC[C@H](NCc1ccccc1)[C@H](C)/C=C/CCc1ccccc1. The summed E-state index contributed by atoms with van der Waals surface area (Å²) in [4.78, 5) is 0. The normalized spacial score (nSPS) is 13.7. The van der Waals surface area contributed by atoms with Crippen molar-refractivity contribution in [2.75, 3.05) is 0 Å². The van der Waals surface area contributed by atoms with E-state index in [1.54, 1.807) is 0 Å². The maximum Gasteiger partial charge on any atom is 0.0208 e. The van der Waals surface area contributed by atoms with Crippen LogP contribution in [0.4, 0.5) is 0 Å². The van der Waals surface area contributed by atoms with Crippen LogP contribution in [-0.4, -0.2) is 6.04 Å². The molecule has 0 amide bonds. The molecule has 0 heterocycles. The van der Waals surface area contributed by atoms with Crippen LogP contribution in [0.25, 0.3) is 0 Å². The highest BCUT2D eigenvalue weighted by Crippen LogP contribution is 2.16. The minimum absolute atomic E-state index is 0.551. The molecular formula is C26H37N. The van der Waals surface area contributed by atoms with Crippen LogP contribution in [0.3, 0.4) is 0 Å². The molecule has 0 saturated carbocycles. The first-order chi connectivity index (χ1) is 13.3. The van der Waals surface area contributed by atoms with Crippen molar-refractivity contribution < 1.29 is 0 Å². The Morgan fingerprint density at radius 3 is 2.19 bits per heavy atom. The van der Waals surface area contributed by atoms with Gasteiger partial charge in [0.25, 0.3) is 0 Å². The number of hydrogen-bond donors (Lipinski definition) is 1. The summed E-state index contributed by atoms with van der Waals surface area (Å²) in [5.41, 5.74) is 2.80. The van der Waals surface area contributed by atoms with E-state index in [1.165, 1.54) is 43.2 Å². The van der Waals surface area contributed by atoms with Crippen molar-refractivity contribution in [2.24, 2.45) is 5.92 Å². The predicted molar refractivity (Wildman–Crippen MR) is 119 cm³/mol. The van der Waals surface area contributed by atoms with Gasteiger partial charge in [-0.15, -0.1) is 0 Å². The summed E-state index contributed by atoms with van der Waals surface area (Å²) in [6.45, 7) is 5.60. The lowest BCUT2D eigenvalue weighted by atomic mass is 9.94. The van der Waals surface area contributed by atoms with Gasteiger partial charge in [-0.05, 0) is 36.3 Å². The minimum atomic E-state index is 0.551. The van der Waals surface area contributed by atoms with Crippen molar-refractivity contribution in [1.82, 2.24) is 5.32 Å². The molecule has 0 radical (unpaired) electrons. The number of unbranched alkanes of at least 4 members (excludes halogenated alkanes) is 3. The van der Waals surface area contributed by atoms with Gasteiger partial charge in [0.1, 0.15) is 0 Å². The molecule has 2 atom stereocenters. The summed E-state index contributed by atoms with van der Waals surface area (Å²) in [6, 6.07) is 22.1. The largest absolute Gasteiger partial charge is 0.309 e. The first-order valence-electron chi connectivity index (χ1n) is 10.8. The number of nitrogens with one attached hydrogen (secondary N) is 1. The Labute approximate surface area is 166 Å². The van der Waals surface area contributed by atoms with E-state index in [0.717, 1.165) is 19.4 Å². The average molecular weight is 364 g/mol. The molecular weight excluding hydrogens is 326 g/mol.